The predicted molar refractivity (Wildman–Crippen MR) is 119 cm³/mol. The van der Waals surface area contributed by atoms with Gasteiger partial charge in [-0.1, -0.05) is 129 Å². The highest BCUT2D eigenvalue weighted by molar-refractivity contribution is 4.53. The molecule has 0 bridgehead atoms. The van der Waals surface area contributed by atoms with Crippen LogP contribution >= 0.6 is 0 Å². The minimum Gasteiger partial charge on any atom is -0.269 e. The van der Waals surface area contributed by atoms with Crippen LogP contribution in [0.3, 0.4) is 0 Å². The summed E-state index contributed by atoms with van der Waals surface area (Å²) in [5.41, 5.74) is 0. The summed E-state index contributed by atoms with van der Waals surface area (Å²) >= 11 is 0. The van der Waals surface area contributed by atoms with Crippen LogP contribution in [0.1, 0.15) is 142 Å². The Labute approximate surface area is 166 Å². The molecule has 0 aromatic rings. The molecule has 0 heterocycles. The lowest BCUT2D eigenvalue weighted by atomic mass is 10.1. The molecule has 158 valence electrons. The summed E-state index contributed by atoms with van der Waals surface area (Å²) in [5.74, 6) is 6.12. The minimum absolute atomic E-state index is 1.09. The fourth-order valence-electron chi connectivity index (χ4n) is 3.72. The van der Waals surface area contributed by atoms with Gasteiger partial charge in [0.1, 0.15) is 0 Å². The maximum atomic E-state index is 6.12. The lowest BCUT2D eigenvalue weighted by molar-refractivity contribution is 0.268. The highest BCUT2D eigenvalue weighted by Gasteiger charge is 1.99. The second kappa shape index (κ2) is 23.0. The SMILES string of the molecule is CCCCCCCCCCCCN(N)CCCCCCCCCCCC. The van der Waals surface area contributed by atoms with Crippen LogP contribution in [0.5, 0.6) is 0 Å². The second-order valence-electron chi connectivity index (χ2n) is 8.40. The molecule has 0 aliphatic rings. The molecule has 0 atom stereocenters. The number of unbranched alkanes of at least 4 members (excludes halogenated alkanes) is 18. The summed E-state index contributed by atoms with van der Waals surface area (Å²) in [7, 11) is 0. The molecule has 2 heteroatoms. The highest BCUT2D eigenvalue weighted by atomic mass is 15.4. The zero-order valence-electron chi connectivity index (χ0n) is 18.6. The first kappa shape index (κ1) is 25.9. The van der Waals surface area contributed by atoms with Crippen LogP contribution in [-0.4, -0.2) is 18.1 Å². The van der Waals surface area contributed by atoms with E-state index in [1.807, 2.05) is 0 Å². The molecule has 0 aromatic heterocycles. The monoisotopic (exact) mass is 368 g/mol. The third kappa shape index (κ3) is 22.0. The van der Waals surface area contributed by atoms with E-state index in [2.05, 4.69) is 18.9 Å². The van der Waals surface area contributed by atoms with E-state index in [4.69, 9.17) is 5.84 Å². The first-order chi connectivity index (χ1) is 12.8. The summed E-state index contributed by atoms with van der Waals surface area (Å²) in [6.07, 6.45) is 28.0. The lowest BCUT2D eigenvalue weighted by Crippen LogP contribution is -2.32. The zero-order valence-corrected chi connectivity index (χ0v) is 18.6. The Morgan fingerprint density at radius 1 is 0.385 bits per heavy atom. The van der Waals surface area contributed by atoms with Crippen molar-refractivity contribution in [3.63, 3.8) is 0 Å². The first-order valence-corrected chi connectivity index (χ1v) is 12.3. The van der Waals surface area contributed by atoms with Gasteiger partial charge in [-0.05, 0) is 12.8 Å². The van der Waals surface area contributed by atoms with Gasteiger partial charge in [0.15, 0.2) is 0 Å². The molecule has 0 saturated heterocycles. The summed E-state index contributed by atoms with van der Waals surface area (Å²) in [6.45, 7) is 6.76. The van der Waals surface area contributed by atoms with Crippen molar-refractivity contribution in [1.29, 1.82) is 0 Å². The van der Waals surface area contributed by atoms with Crippen molar-refractivity contribution in [2.24, 2.45) is 5.84 Å². The van der Waals surface area contributed by atoms with E-state index in [1.165, 1.54) is 128 Å². The topological polar surface area (TPSA) is 29.3 Å². The van der Waals surface area contributed by atoms with Crippen molar-refractivity contribution in [1.82, 2.24) is 5.01 Å². The fraction of sp³-hybridized carbons (Fsp3) is 1.00. The summed E-state index contributed by atoms with van der Waals surface area (Å²) in [4.78, 5) is 0. The van der Waals surface area contributed by atoms with Crippen LogP contribution in [0.25, 0.3) is 0 Å². The number of hydrogen-bond donors (Lipinski definition) is 1. The summed E-state index contributed by atoms with van der Waals surface area (Å²) in [5, 5.41) is 2.06. The molecule has 0 amide bonds. The highest BCUT2D eigenvalue weighted by Crippen LogP contribution is 2.12. The van der Waals surface area contributed by atoms with Crippen molar-refractivity contribution < 1.29 is 0 Å². The molecular weight excluding hydrogens is 316 g/mol. The van der Waals surface area contributed by atoms with Gasteiger partial charge >= 0.3 is 0 Å². The third-order valence-electron chi connectivity index (χ3n) is 5.60. The van der Waals surface area contributed by atoms with Crippen LogP contribution in [0.15, 0.2) is 0 Å². The van der Waals surface area contributed by atoms with E-state index in [1.54, 1.807) is 0 Å². The van der Waals surface area contributed by atoms with Crippen molar-refractivity contribution in [3.05, 3.63) is 0 Å². The van der Waals surface area contributed by atoms with Gasteiger partial charge in [-0.3, -0.25) is 5.84 Å². The van der Waals surface area contributed by atoms with Gasteiger partial charge in [0.2, 0.25) is 0 Å². The standard InChI is InChI=1S/C24H52N2/c1-3-5-7-9-11-13-15-17-19-21-23-26(25)24-22-20-18-16-14-12-10-8-6-4-2/h3-25H2,1-2H3. The van der Waals surface area contributed by atoms with E-state index >= 15 is 0 Å². The van der Waals surface area contributed by atoms with Crippen LogP contribution in [-0.2, 0) is 0 Å². The lowest BCUT2D eigenvalue weighted by Gasteiger charge is -2.15. The average Bonchev–Trinajstić information content (AvgIpc) is 2.64. The van der Waals surface area contributed by atoms with Crippen LogP contribution in [0, 0.1) is 0 Å². The van der Waals surface area contributed by atoms with Crippen LogP contribution in [0.2, 0.25) is 0 Å². The average molecular weight is 369 g/mol. The molecule has 26 heavy (non-hydrogen) atoms. The molecule has 0 saturated carbocycles. The normalized spacial score (nSPS) is 11.5. The molecular formula is C24H52N2. The van der Waals surface area contributed by atoms with E-state index in [0.29, 0.717) is 0 Å². The molecule has 0 fully saturated rings. The fourth-order valence-corrected chi connectivity index (χ4v) is 3.72. The molecule has 0 unspecified atom stereocenters. The van der Waals surface area contributed by atoms with Gasteiger partial charge in [0.25, 0.3) is 0 Å². The van der Waals surface area contributed by atoms with E-state index in [9.17, 15) is 0 Å². The Bertz CT molecular complexity index is 218. The first-order valence-electron chi connectivity index (χ1n) is 12.3. The number of nitrogens with zero attached hydrogens (tertiary/aromatic N) is 1. The van der Waals surface area contributed by atoms with Crippen molar-refractivity contribution in [2.75, 3.05) is 13.1 Å². The molecule has 0 aromatic carbocycles. The molecule has 2 N–H and O–H groups in total. The van der Waals surface area contributed by atoms with Gasteiger partial charge in [0, 0.05) is 13.1 Å². The largest absolute Gasteiger partial charge is 0.269 e. The number of nitrogens with two attached hydrogens (primary N) is 1. The molecule has 0 rings (SSSR count). The second-order valence-corrected chi connectivity index (χ2v) is 8.40. The molecule has 0 spiro atoms. The van der Waals surface area contributed by atoms with Gasteiger partial charge in [-0.15, -0.1) is 0 Å². The van der Waals surface area contributed by atoms with Crippen LogP contribution < -0.4 is 5.84 Å². The Hall–Kier alpha value is -0.0800. The maximum Gasteiger partial charge on any atom is 0.0128 e. The number of rotatable bonds is 22. The summed E-state index contributed by atoms with van der Waals surface area (Å²) < 4.78 is 0. The third-order valence-corrected chi connectivity index (χ3v) is 5.60. The Morgan fingerprint density at radius 3 is 0.885 bits per heavy atom. The molecule has 2 nitrogen and oxygen atoms in total. The minimum atomic E-state index is 1.09. The van der Waals surface area contributed by atoms with Gasteiger partial charge in [-0.2, -0.15) is 0 Å². The predicted octanol–water partition coefficient (Wildman–Crippen LogP) is 8.00. The Morgan fingerprint density at radius 2 is 0.615 bits per heavy atom. The summed E-state index contributed by atoms with van der Waals surface area (Å²) in [6, 6.07) is 0. The van der Waals surface area contributed by atoms with Gasteiger partial charge < -0.3 is 0 Å². The maximum absolute atomic E-state index is 6.12. The van der Waals surface area contributed by atoms with Crippen molar-refractivity contribution in [3.8, 4) is 0 Å². The van der Waals surface area contributed by atoms with E-state index in [0.717, 1.165) is 13.1 Å². The Balaban J connectivity index is 3.12. The number of hydrogen-bond acceptors (Lipinski definition) is 2. The van der Waals surface area contributed by atoms with Gasteiger partial charge in [0.05, 0.1) is 0 Å². The molecule has 0 aliphatic heterocycles. The number of hydrazine groups is 1. The molecule has 0 radical (unpaired) electrons. The zero-order chi connectivity index (χ0) is 19.1. The molecule has 0 aliphatic carbocycles. The quantitative estimate of drug-likeness (QED) is 0.119. The van der Waals surface area contributed by atoms with Gasteiger partial charge in [-0.25, -0.2) is 5.01 Å². The van der Waals surface area contributed by atoms with Crippen molar-refractivity contribution >= 4 is 0 Å². The van der Waals surface area contributed by atoms with E-state index in [-0.39, 0.29) is 0 Å². The Kier molecular flexibility index (Phi) is 22.9. The van der Waals surface area contributed by atoms with Crippen molar-refractivity contribution in [2.45, 2.75) is 142 Å². The van der Waals surface area contributed by atoms with Crippen LogP contribution in [0.4, 0.5) is 0 Å². The van der Waals surface area contributed by atoms with E-state index < -0.39 is 0 Å². The smallest absolute Gasteiger partial charge is 0.0128 e.